The van der Waals surface area contributed by atoms with Crippen molar-refractivity contribution in [3.05, 3.63) is 99.7 Å². The Morgan fingerprint density at radius 1 is 1.09 bits per heavy atom. The quantitative estimate of drug-likeness (QED) is 0.221. The van der Waals surface area contributed by atoms with Crippen LogP contribution in [0.25, 0.3) is 11.0 Å². The van der Waals surface area contributed by atoms with Crippen LogP contribution in [0.5, 0.6) is 11.5 Å². The van der Waals surface area contributed by atoms with Gasteiger partial charge in [-0.25, -0.2) is 19.2 Å². The second kappa shape index (κ2) is 11.4. The van der Waals surface area contributed by atoms with Crippen molar-refractivity contribution in [3.63, 3.8) is 0 Å². The molecule has 2 fully saturated rings. The molecule has 0 radical (unpaired) electrons. The Morgan fingerprint density at radius 3 is 2.72 bits per heavy atom. The minimum absolute atomic E-state index is 0.00684. The minimum atomic E-state index is -1.37. The molecule has 0 spiro atoms. The highest BCUT2D eigenvalue weighted by Crippen LogP contribution is 2.51. The summed E-state index contributed by atoms with van der Waals surface area (Å²) in [5.74, 6) is -1.18. The van der Waals surface area contributed by atoms with Gasteiger partial charge in [-0.2, -0.15) is 0 Å². The molecular formula is C33H28Cl2FN5O6. The number of para-hydroxylation sites is 1. The molecule has 3 atom stereocenters. The third-order valence-electron chi connectivity index (χ3n) is 9.09. The van der Waals surface area contributed by atoms with Crippen LogP contribution in [0.4, 0.5) is 10.1 Å². The fourth-order valence-corrected chi connectivity index (χ4v) is 7.27. The number of hydrogen-bond acceptors (Lipinski definition) is 9. The van der Waals surface area contributed by atoms with Gasteiger partial charge in [0.1, 0.15) is 23.4 Å². The SMILES string of the molecule is C[C@@]1(c2ccc(Cl)cc2F)Oc2cccc(N3CCN(Cc4nc5c(Cl)cc(C(=O)O)cc5n4Cc4cocn4)[C@@H]4COC[C@@H]43)c2O1. The number of fused-ring (bicyclic) bond motifs is 3. The van der Waals surface area contributed by atoms with Gasteiger partial charge in [-0.3, -0.25) is 4.90 Å². The van der Waals surface area contributed by atoms with Gasteiger partial charge in [0.05, 0.1) is 71.4 Å². The van der Waals surface area contributed by atoms with Gasteiger partial charge in [0.15, 0.2) is 17.9 Å². The van der Waals surface area contributed by atoms with Crippen molar-refractivity contribution in [3.8, 4) is 11.5 Å². The van der Waals surface area contributed by atoms with Crippen LogP contribution >= 0.6 is 23.2 Å². The molecule has 2 saturated heterocycles. The first kappa shape index (κ1) is 30.0. The second-order valence-electron chi connectivity index (χ2n) is 11.9. The number of halogens is 3. The van der Waals surface area contributed by atoms with E-state index in [1.165, 1.54) is 18.5 Å². The van der Waals surface area contributed by atoms with Crippen LogP contribution in [0, 0.1) is 5.82 Å². The molecule has 5 aromatic rings. The largest absolute Gasteiger partial charge is 0.478 e. The topological polar surface area (TPSA) is 115 Å². The Morgan fingerprint density at radius 2 is 1.94 bits per heavy atom. The summed E-state index contributed by atoms with van der Waals surface area (Å²) < 4.78 is 40.8. The molecule has 242 valence electrons. The van der Waals surface area contributed by atoms with E-state index in [-0.39, 0.29) is 33.3 Å². The summed E-state index contributed by atoms with van der Waals surface area (Å²) in [6.07, 6.45) is 2.90. The molecule has 0 unspecified atom stereocenters. The number of carboxylic acids is 1. The summed E-state index contributed by atoms with van der Waals surface area (Å²) in [5.41, 5.74) is 2.95. The number of oxazole rings is 1. The Balaban J connectivity index is 1.09. The number of aromatic nitrogens is 3. The summed E-state index contributed by atoms with van der Waals surface area (Å²) >= 11 is 12.6. The number of benzene rings is 3. The molecule has 0 amide bonds. The van der Waals surface area contributed by atoms with Crippen molar-refractivity contribution in [1.82, 2.24) is 19.4 Å². The molecule has 3 aliphatic rings. The maximum atomic E-state index is 15.0. The number of rotatable bonds is 7. The average Bonchev–Trinajstić information content (AvgIpc) is 3.84. The first-order chi connectivity index (χ1) is 22.7. The minimum Gasteiger partial charge on any atom is -0.478 e. The van der Waals surface area contributed by atoms with E-state index in [0.717, 1.165) is 5.69 Å². The van der Waals surface area contributed by atoms with Crippen molar-refractivity contribution < 1.29 is 32.9 Å². The number of nitrogens with zero attached hydrogens (tertiary/aromatic N) is 5. The van der Waals surface area contributed by atoms with E-state index in [2.05, 4.69) is 14.8 Å². The number of carbonyl (C=O) groups is 1. The Hall–Kier alpha value is -4.36. The van der Waals surface area contributed by atoms with Crippen LogP contribution in [0.3, 0.4) is 0 Å². The molecule has 0 saturated carbocycles. The van der Waals surface area contributed by atoms with Crippen molar-refractivity contribution in [2.75, 3.05) is 31.2 Å². The fourth-order valence-electron chi connectivity index (χ4n) is 6.86. The first-order valence-electron chi connectivity index (χ1n) is 15.0. The maximum absolute atomic E-state index is 15.0. The molecule has 8 rings (SSSR count). The van der Waals surface area contributed by atoms with E-state index in [9.17, 15) is 14.3 Å². The highest BCUT2D eigenvalue weighted by Gasteiger charge is 2.46. The van der Waals surface area contributed by atoms with Gasteiger partial charge in [0.25, 0.3) is 5.79 Å². The Bertz CT molecular complexity index is 2020. The average molecular weight is 681 g/mol. The van der Waals surface area contributed by atoms with Gasteiger partial charge < -0.3 is 33.2 Å². The molecule has 0 aliphatic carbocycles. The van der Waals surface area contributed by atoms with Crippen LogP contribution in [0.15, 0.2) is 65.6 Å². The monoisotopic (exact) mass is 679 g/mol. The molecule has 3 aromatic carbocycles. The number of anilines is 1. The third-order valence-corrected chi connectivity index (χ3v) is 9.61. The molecule has 1 N–H and O–H groups in total. The van der Waals surface area contributed by atoms with Crippen LogP contribution in [-0.2, 0) is 23.6 Å². The van der Waals surface area contributed by atoms with Crippen molar-refractivity contribution in [2.45, 2.75) is 37.9 Å². The van der Waals surface area contributed by atoms with Gasteiger partial charge in [-0.1, -0.05) is 29.3 Å². The first-order valence-corrected chi connectivity index (χ1v) is 15.8. The number of aromatic carboxylic acids is 1. The fraction of sp³-hybridized carbons (Fsp3) is 0.303. The molecular weight excluding hydrogens is 652 g/mol. The zero-order valence-corrected chi connectivity index (χ0v) is 26.5. The van der Waals surface area contributed by atoms with Crippen LogP contribution in [0.1, 0.15) is 34.4 Å². The smallest absolute Gasteiger partial charge is 0.335 e. The summed E-state index contributed by atoms with van der Waals surface area (Å²) in [6, 6.07) is 13.1. The number of imidazole rings is 1. The lowest BCUT2D eigenvalue weighted by atomic mass is 10.0. The molecule has 47 heavy (non-hydrogen) atoms. The van der Waals surface area contributed by atoms with Crippen molar-refractivity contribution >= 4 is 45.9 Å². The van der Waals surface area contributed by atoms with Gasteiger partial charge in [0.2, 0.25) is 0 Å². The standard InChI is InChI=1S/C33H28Cl2FN5O6/c1-33(21-6-5-19(34)11-23(21)36)46-28-4-2-3-24(31(28)47-33)40-8-7-39(26-15-44-16-27(26)40)13-29-38-30-22(35)9-18(32(42)43)10-25(30)41(29)12-20-14-45-17-37-20/h2-6,9-11,14,17,26-27H,7-8,12-13,15-16H2,1H3,(H,42,43)/t26-,27+,33-/m1/s1. The molecule has 14 heteroatoms. The van der Waals surface area contributed by atoms with E-state index in [1.54, 1.807) is 31.4 Å². The maximum Gasteiger partial charge on any atom is 0.335 e. The Labute approximate surface area is 278 Å². The summed E-state index contributed by atoms with van der Waals surface area (Å²) in [4.78, 5) is 25.6. The molecule has 0 bridgehead atoms. The molecule has 11 nitrogen and oxygen atoms in total. The van der Waals surface area contributed by atoms with E-state index < -0.39 is 17.6 Å². The van der Waals surface area contributed by atoms with Crippen LogP contribution < -0.4 is 14.4 Å². The predicted octanol–water partition coefficient (Wildman–Crippen LogP) is 5.95. The van der Waals surface area contributed by atoms with Gasteiger partial charge in [-0.15, -0.1) is 0 Å². The van der Waals surface area contributed by atoms with Crippen molar-refractivity contribution in [1.29, 1.82) is 0 Å². The van der Waals surface area contributed by atoms with Crippen LogP contribution in [-0.4, -0.2) is 68.9 Å². The van der Waals surface area contributed by atoms with Gasteiger partial charge >= 0.3 is 5.97 Å². The van der Waals surface area contributed by atoms with Gasteiger partial charge in [-0.05, 0) is 42.5 Å². The highest BCUT2D eigenvalue weighted by molar-refractivity contribution is 6.35. The zero-order chi connectivity index (χ0) is 32.4. The van der Waals surface area contributed by atoms with E-state index in [4.69, 9.17) is 46.8 Å². The Kier molecular flexibility index (Phi) is 7.28. The zero-order valence-electron chi connectivity index (χ0n) is 25.0. The summed E-state index contributed by atoms with van der Waals surface area (Å²) in [7, 11) is 0. The second-order valence-corrected chi connectivity index (χ2v) is 12.8. The number of piperazine rings is 1. The van der Waals surface area contributed by atoms with Crippen molar-refractivity contribution in [2.24, 2.45) is 0 Å². The third kappa shape index (κ3) is 5.16. The summed E-state index contributed by atoms with van der Waals surface area (Å²) in [5, 5.41) is 10.2. The number of hydrogen-bond donors (Lipinski definition) is 1. The normalized spacial score (nSPS) is 22.3. The van der Waals surface area contributed by atoms with E-state index >= 15 is 0 Å². The lowest BCUT2D eigenvalue weighted by Crippen LogP contribution is -2.59. The highest BCUT2D eigenvalue weighted by atomic mass is 35.5. The predicted molar refractivity (Wildman–Crippen MR) is 170 cm³/mol. The van der Waals surface area contributed by atoms with Gasteiger partial charge in [0, 0.05) is 25.0 Å². The summed E-state index contributed by atoms with van der Waals surface area (Å²) in [6.45, 7) is 4.80. The number of ether oxygens (including phenoxy) is 3. The lowest BCUT2D eigenvalue weighted by Gasteiger charge is -2.44. The molecule has 2 aromatic heterocycles. The van der Waals surface area contributed by atoms with E-state index in [1.807, 2.05) is 22.8 Å². The lowest BCUT2D eigenvalue weighted by molar-refractivity contribution is -0.0705. The molecule has 3 aliphatic heterocycles. The molecule has 5 heterocycles. The van der Waals surface area contributed by atoms with Crippen LogP contribution in [0.2, 0.25) is 10.0 Å². The van der Waals surface area contributed by atoms with E-state index in [0.29, 0.717) is 73.4 Å². The number of carboxylic acid groups (broad SMARTS) is 1.